The molecule has 0 radical (unpaired) electrons. The van der Waals surface area contributed by atoms with Crippen LogP contribution in [0.15, 0.2) is 41.0 Å². The molecule has 1 amide bonds. The van der Waals surface area contributed by atoms with Crippen LogP contribution in [0.5, 0.6) is 0 Å². The van der Waals surface area contributed by atoms with Gasteiger partial charge in [0.15, 0.2) is 11.4 Å². The maximum absolute atomic E-state index is 13.7. The molecule has 7 rings (SSSR count). The van der Waals surface area contributed by atoms with Gasteiger partial charge in [-0.3, -0.25) is 4.79 Å². The number of furan rings is 1. The molecule has 184 valence electrons. The van der Waals surface area contributed by atoms with Crippen LogP contribution >= 0.6 is 22.6 Å². The van der Waals surface area contributed by atoms with Crippen LogP contribution in [-0.2, 0) is 0 Å². The summed E-state index contributed by atoms with van der Waals surface area (Å²) >= 11 is 2.29. The Morgan fingerprint density at radius 1 is 1.14 bits per heavy atom. The van der Waals surface area contributed by atoms with Gasteiger partial charge in [0.25, 0.3) is 11.8 Å². The lowest BCUT2D eigenvalue weighted by Crippen LogP contribution is -2.57. The molecule has 2 aromatic heterocycles. The minimum absolute atomic E-state index is 0.184. The van der Waals surface area contributed by atoms with E-state index in [4.69, 9.17) is 4.42 Å². The number of hydrogen-bond donors (Lipinski definition) is 1. The van der Waals surface area contributed by atoms with Crippen molar-refractivity contribution in [3.8, 4) is 0 Å². The van der Waals surface area contributed by atoms with E-state index in [9.17, 15) is 13.6 Å². The van der Waals surface area contributed by atoms with Crippen molar-refractivity contribution < 1.29 is 18.0 Å². The molecule has 9 heteroatoms. The van der Waals surface area contributed by atoms with E-state index in [-0.39, 0.29) is 31.8 Å². The second-order valence-corrected chi connectivity index (χ2v) is 11.7. The molecule has 3 aromatic rings. The average Bonchev–Trinajstić information content (AvgIpc) is 3.27. The maximum atomic E-state index is 13.7. The van der Waals surface area contributed by atoms with E-state index in [0.29, 0.717) is 34.2 Å². The Balaban J connectivity index is 1.29. The van der Waals surface area contributed by atoms with E-state index in [1.165, 1.54) is 0 Å². The van der Waals surface area contributed by atoms with Crippen molar-refractivity contribution in [1.82, 2.24) is 4.98 Å². The van der Waals surface area contributed by atoms with Crippen LogP contribution in [0, 0.1) is 8.99 Å². The highest BCUT2D eigenvalue weighted by Gasteiger charge is 2.47. The van der Waals surface area contributed by atoms with E-state index in [1.54, 1.807) is 18.4 Å². The van der Waals surface area contributed by atoms with Crippen molar-refractivity contribution in [3.05, 3.63) is 45.7 Å². The van der Waals surface area contributed by atoms with E-state index < -0.39 is 5.92 Å². The number of carbonyl (C=O) groups excluding carboxylic acids is 1. The number of benzene rings is 1. The summed E-state index contributed by atoms with van der Waals surface area (Å²) in [6.45, 7) is 3.67. The average molecular weight is 592 g/mol. The predicted octanol–water partition coefficient (Wildman–Crippen LogP) is 6.30. The first-order valence-corrected chi connectivity index (χ1v) is 13.2. The molecule has 4 fully saturated rings. The van der Waals surface area contributed by atoms with E-state index in [2.05, 4.69) is 50.8 Å². The third kappa shape index (κ3) is 4.25. The number of rotatable bonds is 4. The van der Waals surface area contributed by atoms with Gasteiger partial charge in [-0.05, 0) is 77.6 Å². The monoisotopic (exact) mass is 592 g/mol. The second-order valence-electron chi connectivity index (χ2n) is 10.4. The SMILES string of the molecule is CC12CCN(c3cc(I)ccc3C(=O)Nc3cc4ccoc4c(N4CCC(F)(F)CC4)n3)C(C1)C2. The molecule has 4 aliphatic rings. The van der Waals surface area contributed by atoms with Gasteiger partial charge in [-0.2, -0.15) is 0 Å². The fourth-order valence-corrected chi connectivity index (χ4v) is 6.27. The van der Waals surface area contributed by atoms with Crippen LogP contribution in [0.3, 0.4) is 0 Å². The van der Waals surface area contributed by atoms with Gasteiger partial charge in [0.05, 0.1) is 17.5 Å². The summed E-state index contributed by atoms with van der Waals surface area (Å²) in [5.41, 5.74) is 2.58. The third-order valence-corrected chi connectivity index (χ3v) is 8.49. The number of alkyl halides is 2. The molecule has 0 atom stereocenters. The molecule has 0 unspecified atom stereocenters. The number of halogens is 3. The molecule has 1 aromatic carbocycles. The van der Waals surface area contributed by atoms with Gasteiger partial charge in [-0.25, -0.2) is 13.8 Å². The Labute approximate surface area is 216 Å². The standard InChI is InChI=1S/C26H27F2IN4O2/c1-25-5-10-33(18(14-25)15-25)20-13-17(29)2-3-19(20)24(34)31-21-12-16-4-11-35-22(16)23(30-21)32-8-6-26(27,28)7-9-32/h2-4,11-13,18H,5-10,14-15H2,1H3,(H,30,31,34). The van der Waals surface area contributed by atoms with Crippen LogP contribution in [0.2, 0.25) is 0 Å². The van der Waals surface area contributed by atoms with Gasteiger partial charge >= 0.3 is 0 Å². The number of fused-ring (bicyclic) bond motifs is 3. The fraction of sp³-hybridized carbons (Fsp3) is 0.462. The Morgan fingerprint density at radius 2 is 1.91 bits per heavy atom. The van der Waals surface area contributed by atoms with Crippen LogP contribution in [-0.4, -0.2) is 42.5 Å². The normalized spacial score (nSPS) is 25.4. The predicted molar refractivity (Wildman–Crippen MR) is 141 cm³/mol. The summed E-state index contributed by atoms with van der Waals surface area (Å²) in [6.07, 6.45) is 4.56. The van der Waals surface area contributed by atoms with Crippen LogP contribution in [0.1, 0.15) is 49.4 Å². The molecule has 6 nitrogen and oxygen atoms in total. The lowest BCUT2D eigenvalue weighted by atomic mass is 9.61. The Bertz CT molecular complexity index is 1290. The number of nitrogens with zero attached hydrogens (tertiary/aromatic N) is 3. The minimum atomic E-state index is -2.65. The summed E-state index contributed by atoms with van der Waals surface area (Å²) in [7, 11) is 0. The molecule has 2 bridgehead atoms. The highest BCUT2D eigenvalue weighted by Crippen LogP contribution is 2.51. The van der Waals surface area contributed by atoms with Crippen LogP contribution in [0.4, 0.5) is 26.1 Å². The van der Waals surface area contributed by atoms with Crippen LogP contribution in [0.25, 0.3) is 11.0 Å². The number of pyridine rings is 1. The number of carbonyl (C=O) groups is 1. The summed E-state index contributed by atoms with van der Waals surface area (Å²) in [6, 6.07) is 9.95. The van der Waals surface area contributed by atoms with E-state index >= 15 is 0 Å². The molecule has 5 heterocycles. The lowest BCUT2D eigenvalue weighted by Gasteiger charge is -2.57. The van der Waals surface area contributed by atoms with E-state index in [0.717, 1.165) is 40.5 Å². The quantitative estimate of drug-likeness (QED) is 0.361. The molecule has 3 aliphatic heterocycles. The number of aromatic nitrogens is 1. The van der Waals surface area contributed by atoms with Gasteiger partial charge < -0.3 is 19.5 Å². The van der Waals surface area contributed by atoms with Crippen LogP contribution < -0.4 is 15.1 Å². The summed E-state index contributed by atoms with van der Waals surface area (Å²) in [4.78, 5) is 22.3. The van der Waals surface area contributed by atoms with Crippen molar-refractivity contribution in [2.24, 2.45) is 5.41 Å². The zero-order valence-corrected chi connectivity index (χ0v) is 21.6. The van der Waals surface area contributed by atoms with Gasteiger partial charge in [0, 0.05) is 47.5 Å². The largest absolute Gasteiger partial charge is 0.460 e. The Kier molecular flexibility index (Phi) is 5.46. The smallest absolute Gasteiger partial charge is 0.258 e. The lowest BCUT2D eigenvalue weighted by molar-refractivity contribution is -0.0221. The topological polar surface area (TPSA) is 61.6 Å². The first-order valence-electron chi connectivity index (χ1n) is 12.1. The molecular weight excluding hydrogens is 565 g/mol. The Morgan fingerprint density at radius 3 is 2.63 bits per heavy atom. The van der Waals surface area contributed by atoms with Gasteiger partial charge in [-0.15, -0.1) is 0 Å². The van der Waals surface area contributed by atoms with Crippen molar-refractivity contribution in [3.63, 3.8) is 0 Å². The third-order valence-electron chi connectivity index (χ3n) is 7.82. The van der Waals surface area contributed by atoms with Crippen molar-refractivity contribution in [1.29, 1.82) is 0 Å². The number of nitrogens with one attached hydrogen (secondary N) is 1. The molecule has 35 heavy (non-hydrogen) atoms. The van der Waals surface area contributed by atoms with Gasteiger partial charge in [0.2, 0.25) is 0 Å². The number of anilines is 3. The van der Waals surface area contributed by atoms with E-state index in [1.807, 2.05) is 17.0 Å². The zero-order valence-electron chi connectivity index (χ0n) is 19.5. The van der Waals surface area contributed by atoms with Crippen molar-refractivity contribution >= 4 is 56.8 Å². The molecule has 1 saturated carbocycles. The zero-order chi connectivity index (χ0) is 24.4. The maximum Gasteiger partial charge on any atom is 0.258 e. The second kappa shape index (κ2) is 8.31. The highest BCUT2D eigenvalue weighted by molar-refractivity contribution is 14.1. The summed E-state index contributed by atoms with van der Waals surface area (Å²) in [5.74, 6) is -2.00. The molecule has 0 spiro atoms. The summed E-state index contributed by atoms with van der Waals surface area (Å²) in [5, 5.41) is 3.75. The molecule has 3 saturated heterocycles. The first kappa shape index (κ1) is 23.0. The number of amides is 1. The molecule has 1 aliphatic carbocycles. The molecule has 1 N–H and O–H groups in total. The number of hydrogen-bond acceptors (Lipinski definition) is 5. The van der Waals surface area contributed by atoms with Gasteiger partial charge in [-0.1, -0.05) is 6.92 Å². The van der Waals surface area contributed by atoms with Crippen molar-refractivity contribution in [2.45, 2.75) is 51.0 Å². The Hall–Kier alpha value is -2.43. The first-order chi connectivity index (χ1) is 16.7. The minimum Gasteiger partial charge on any atom is -0.460 e. The molecular formula is C26H27F2IN4O2. The number of piperidine rings is 3. The fourth-order valence-electron chi connectivity index (χ4n) is 5.79. The highest BCUT2D eigenvalue weighted by atomic mass is 127. The van der Waals surface area contributed by atoms with Gasteiger partial charge in [0.1, 0.15) is 5.82 Å². The summed E-state index contributed by atoms with van der Waals surface area (Å²) < 4.78 is 34.2. The van der Waals surface area contributed by atoms with Crippen molar-refractivity contribution in [2.75, 3.05) is 34.8 Å².